The Morgan fingerprint density at radius 1 is 1.13 bits per heavy atom. The molecule has 0 saturated carbocycles. The molecule has 4 atom stereocenters. The highest BCUT2D eigenvalue weighted by Gasteiger charge is 2.49. The minimum atomic E-state index is -1.48. The van der Waals surface area contributed by atoms with E-state index in [1.54, 1.807) is 20.2 Å². The van der Waals surface area contributed by atoms with Gasteiger partial charge in [-0.15, -0.1) is 0 Å². The normalized spacial score (nSPS) is 23.2. The van der Waals surface area contributed by atoms with E-state index in [2.05, 4.69) is 9.88 Å². The number of aliphatic hydroxyl groups is 3. The first-order valence-electron chi connectivity index (χ1n) is 13.0. The number of carbonyl (C=O) groups excluding carboxylic acids is 1. The number of likely N-dealkylation sites (tertiary alicyclic amines) is 1. The monoisotopic (exact) mass is 529 g/mol. The van der Waals surface area contributed by atoms with E-state index in [4.69, 9.17) is 14.2 Å². The van der Waals surface area contributed by atoms with Gasteiger partial charge < -0.3 is 39.3 Å². The first kappa shape index (κ1) is 27.9. The van der Waals surface area contributed by atoms with Crippen LogP contribution in [0.25, 0.3) is 0 Å². The van der Waals surface area contributed by atoms with E-state index in [-0.39, 0.29) is 24.7 Å². The third kappa shape index (κ3) is 5.67. The average molecular weight is 530 g/mol. The lowest BCUT2D eigenvalue weighted by atomic mass is 9.72. The molecule has 2 aliphatic heterocycles. The lowest BCUT2D eigenvalue weighted by Crippen LogP contribution is -2.54. The van der Waals surface area contributed by atoms with Gasteiger partial charge in [0.15, 0.2) is 17.6 Å². The van der Waals surface area contributed by atoms with Crippen LogP contribution in [0.15, 0.2) is 36.5 Å². The van der Waals surface area contributed by atoms with Crippen molar-refractivity contribution in [3.8, 4) is 17.2 Å². The third-order valence-corrected chi connectivity index (χ3v) is 7.60. The Labute approximate surface area is 223 Å². The Morgan fingerprint density at radius 2 is 1.87 bits per heavy atom. The molecular formula is C28H39N3O7. The Kier molecular flexibility index (Phi) is 8.34. The predicted octanol–water partition coefficient (Wildman–Crippen LogP) is 1.81. The molecule has 208 valence electrons. The van der Waals surface area contributed by atoms with E-state index in [0.29, 0.717) is 31.1 Å². The number of hydrogen-bond acceptors (Lipinski definition) is 9. The Hall–Kier alpha value is -3.08. The molecule has 0 radical (unpaired) electrons. The van der Waals surface area contributed by atoms with Gasteiger partial charge in [-0.05, 0) is 50.6 Å². The molecule has 0 aliphatic carbocycles. The molecule has 1 aromatic heterocycles. The van der Waals surface area contributed by atoms with Crippen molar-refractivity contribution in [3.63, 3.8) is 0 Å². The summed E-state index contributed by atoms with van der Waals surface area (Å²) in [5.74, 6) is 2.03. The van der Waals surface area contributed by atoms with Gasteiger partial charge >= 0.3 is 0 Å². The zero-order valence-electron chi connectivity index (χ0n) is 22.7. The summed E-state index contributed by atoms with van der Waals surface area (Å²) >= 11 is 0. The second-order valence-electron chi connectivity index (χ2n) is 10.7. The van der Waals surface area contributed by atoms with Gasteiger partial charge in [0.2, 0.25) is 0 Å². The molecule has 0 spiro atoms. The number of rotatable bonds is 10. The van der Waals surface area contributed by atoms with Crippen molar-refractivity contribution in [1.82, 2.24) is 9.88 Å². The van der Waals surface area contributed by atoms with Crippen molar-refractivity contribution >= 4 is 11.7 Å². The SMILES string of the molecule is COc1ccc([C@@H]2CN(C(=O)C(O)CO)C[C@@]2(C)[C@@H](C)O)cc1OC1CN(c2ccc(OC(C)C)cn2)C1. The van der Waals surface area contributed by atoms with Crippen molar-refractivity contribution in [1.29, 1.82) is 0 Å². The number of carbonyl (C=O) groups is 1. The molecule has 3 N–H and O–H groups in total. The van der Waals surface area contributed by atoms with Gasteiger partial charge in [0, 0.05) is 24.4 Å². The van der Waals surface area contributed by atoms with Crippen molar-refractivity contribution < 1.29 is 34.3 Å². The van der Waals surface area contributed by atoms with Gasteiger partial charge in [0.05, 0.1) is 45.2 Å². The molecule has 10 heteroatoms. The molecule has 2 aromatic rings. The van der Waals surface area contributed by atoms with Gasteiger partial charge in [0.1, 0.15) is 17.7 Å². The number of pyridine rings is 1. The first-order valence-corrected chi connectivity index (χ1v) is 13.0. The number of benzene rings is 1. The summed E-state index contributed by atoms with van der Waals surface area (Å²) in [5.41, 5.74) is 0.248. The molecule has 2 saturated heterocycles. The van der Waals surface area contributed by atoms with Crippen LogP contribution in [0.4, 0.5) is 5.82 Å². The van der Waals surface area contributed by atoms with Crippen LogP contribution in [-0.2, 0) is 4.79 Å². The molecule has 2 aliphatic rings. The Morgan fingerprint density at radius 3 is 2.45 bits per heavy atom. The maximum atomic E-state index is 12.6. The van der Waals surface area contributed by atoms with Gasteiger partial charge in [-0.3, -0.25) is 4.79 Å². The smallest absolute Gasteiger partial charge is 0.253 e. The number of aromatic nitrogens is 1. The zero-order valence-corrected chi connectivity index (χ0v) is 22.7. The van der Waals surface area contributed by atoms with Crippen LogP contribution in [0.5, 0.6) is 17.2 Å². The highest BCUT2D eigenvalue weighted by atomic mass is 16.5. The second-order valence-corrected chi connectivity index (χ2v) is 10.7. The van der Waals surface area contributed by atoms with Crippen LogP contribution in [-0.4, -0.2) is 95.4 Å². The standard InChI is InChI=1S/C28H39N3O7/c1-17(2)37-20-7-9-26(29-11-20)30-12-21(13-30)38-25-10-19(6-8-24(25)36-5)22-14-31(27(35)23(34)15-32)16-28(22,4)18(3)33/h6-11,17-18,21-23,32-34H,12-16H2,1-5H3/t18-,22+,23?,28+/m1/s1. The quantitative estimate of drug-likeness (QED) is 0.423. The number of hydrogen-bond donors (Lipinski definition) is 3. The summed E-state index contributed by atoms with van der Waals surface area (Å²) in [6.45, 7) is 8.86. The zero-order chi connectivity index (χ0) is 27.6. The van der Waals surface area contributed by atoms with Gasteiger partial charge in [-0.2, -0.15) is 0 Å². The van der Waals surface area contributed by atoms with E-state index in [0.717, 1.165) is 17.1 Å². The number of nitrogens with zero attached hydrogens (tertiary/aromatic N) is 3. The summed E-state index contributed by atoms with van der Waals surface area (Å²) in [6, 6.07) is 9.53. The summed E-state index contributed by atoms with van der Waals surface area (Å²) in [5, 5.41) is 29.8. The lowest BCUT2D eigenvalue weighted by molar-refractivity contribution is -0.141. The van der Waals surface area contributed by atoms with Crippen LogP contribution in [0.1, 0.15) is 39.2 Å². The second kappa shape index (κ2) is 11.3. The van der Waals surface area contributed by atoms with E-state index < -0.39 is 30.1 Å². The van der Waals surface area contributed by atoms with E-state index in [9.17, 15) is 20.1 Å². The molecule has 4 rings (SSSR count). The summed E-state index contributed by atoms with van der Waals surface area (Å²) in [6.07, 6.45) is -0.430. The van der Waals surface area contributed by atoms with Crippen molar-refractivity contribution in [3.05, 3.63) is 42.1 Å². The molecule has 1 aromatic carbocycles. The van der Waals surface area contributed by atoms with Gasteiger partial charge in [-0.1, -0.05) is 13.0 Å². The Bertz CT molecular complexity index is 1100. The highest BCUT2D eigenvalue weighted by molar-refractivity contribution is 5.81. The molecule has 10 nitrogen and oxygen atoms in total. The molecule has 38 heavy (non-hydrogen) atoms. The van der Waals surface area contributed by atoms with Crippen molar-refractivity contribution in [2.24, 2.45) is 5.41 Å². The van der Waals surface area contributed by atoms with E-state index in [1.807, 2.05) is 51.1 Å². The number of anilines is 1. The maximum Gasteiger partial charge on any atom is 0.253 e. The fraction of sp³-hybridized carbons (Fsp3) is 0.571. The Balaban J connectivity index is 1.47. The molecule has 2 fully saturated rings. The van der Waals surface area contributed by atoms with Gasteiger partial charge in [0.25, 0.3) is 5.91 Å². The van der Waals surface area contributed by atoms with Gasteiger partial charge in [-0.25, -0.2) is 4.98 Å². The first-order chi connectivity index (χ1) is 18.0. The van der Waals surface area contributed by atoms with Crippen LogP contribution >= 0.6 is 0 Å². The summed E-state index contributed by atoms with van der Waals surface area (Å²) in [7, 11) is 1.59. The molecule has 3 heterocycles. The third-order valence-electron chi connectivity index (χ3n) is 7.60. The number of aliphatic hydroxyl groups excluding tert-OH is 3. The van der Waals surface area contributed by atoms with Crippen LogP contribution in [0.2, 0.25) is 0 Å². The topological polar surface area (TPSA) is 125 Å². The van der Waals surface area contributed by atoms with E-state index in [1.165, 1.54) is 4.90 Å². The summed E-state index contributed by atoms with van der Waals surface area (Å²) in [4.78, 5) is 20.7. The molecule has 1 amide bonds. The number of methoxy groups -OCH3 is 1. The fourth-order valence-corrected chi connectivity index (χ4v) is 5.16. The fourth-order valence-electron chi connectivity index (χ4n) is 5.16. The minimum absolute atomic E-state index is 0.0583. The number of amides is 1. The minimum Gasteiger partial charge on any atom is -0.493 e. The molecule has 0 bridgehead atoms. The number of ether oxygens (including phenoxy) is 3. The predicted molar refractivity (Wildman–Crippen MR) is 142 cm³/mol. The average Bonchev–Trinajstić information content (AvgIpc) is 3.24. The molecule has 1 unspecified atom stereocenters. The van der Waals surface area contributed by atoms with Crippen LogP contribution < -0.4 is 19.1 Å². The van der Waals surface area contributed by atoms with Crippen LogP contribution in [0.3, 0.4) is 0 Å². The largest absolute Gasteiger partial charge is 0.493 e. The highest BCUT2D eigenvalue weighted by Crippen LogP contribution is 2.47. The molecular weight excluding hydrogens is 490 g/mol. The summed E-state index contributed by atoms with van der Waals surface area (Å²) < 4.78 is 17.5. The van der Waals surface area contributed by atoms with Crippen molar-refractivity contribution in [2.75, 3.05) is 44.8 Å². The lowest BCUT2D eigenvalue weighted by Gasteiger charge is -2.40. The van der Waals surface area contributed by atoms with E-state index >= 15 is 0 Å². The van der Waals surface area contributed by atoms with Crippen molar-refractivity contribution in [2.45, 2.75) is 58.0 Å². The maximum absolute atomic E-state index is 12.6. The van der Waals surface area contributed by atoms with Crippen LogP contribution in [0, 0.1) is 5.41 Å².